The highest BCUT2D eigenvalue weighted by Crippen LogP contribution is 2.45. The monoisotopic (exact) mass is 161 g/mol. The van der Waals surface area contributed by atoms with Gasteiger partial charge in [-0.1, -0.05) is 0 Å². The molecule has 2 aliphatic rings. The predicted molar refractivity (Wildman–Crippen MR) is 38.7 cm³/mol. The molecule has 1 heterocycles. The Hall–Kier alpha value is -0.180. The first-order chi connectivity index (χ1) is 5.22. The summed E-state index contributed by atoms with van der Waals surface area (Å²) in [5.74, 6) is -0.334. The minimum atomic E-state index is -2.10. The molecule has 3 heteroatoms. The first-order valence-corrected chi connectivity index (χ1v) is 4.25. The van der Waals surface area contributed by atoms with Crippen LogP contribution in [0.2, 0.25) is 0 Å². The Morgan fingerprint density at radius 3 is 2.64 bits per heavy atom. The van der Waals surface area contributed by atoms with E-state index >= 15 is 0 Å². The lowest BCUT2D eigenvalue weighted by Crippen LogP contribution is -2.41. The molecule has 1 nitrogen and oxygen atoms in total. The van der Waals surface area contributed by atoms with Crippen molar-refractivity contribution in [3.05, 3.63) is 0 Å². The van der Waals surface area contributed by atoms with Crippen LogP contribution in [-0.4, -0.2) is 18.5 Å². The summed E-state index contributed by atoms with van der Waals surface area (Å²) in [7, 11) is 0. The number of halogens is 2. The number of alkyl halides is 2. The Kier molecular flexibility index (Phi) is 1.63. The fourth-order valence-electron chi connectivity index (χ4n) is 1.95. The zero-order valence-corrected chi connectivity index (χ0v) is 6.45. The van der Waals surface area contributed by atoms with Crippen LogP contribution in [0.5, 0.6) is 0 Å². The molecule has 1 spiro atoms. The average Bonchev–Trinajstić information content (AvgIpc) is 2.69. The maximum Gasteiger partial charge on any atom is 0.241 e. The second-order valence-electron chi connectivity index (χ2n) is 3.79. The summed E-state index contributed by atoms with van der Waals surface area (Å²) in [6.07, 6.45) is 1.46. The maximum absolute atomic E-state index is 12.3. The van der Waals surface area contributed by atoms with Crippen LogP contribution in [0.15, 0.2) is 0 Å². The largest absolute Gasteiger partial charge is 0.311 e. The van der Waals surface area contributed by atoms with Crippen molar-refractivity contribution >= 4 is 0 Å². The number of hydrogen-bond acceptors (Lipinski definition) is 1. The van der Waals surface area contributed by atoms with Crippen LogP contribution in [0.25, 0.3) is 0 Å². The Bertz CT molecular complexity index is 154. The van der Waals surface area contributed by atoms with Gasteiger partial charge in [0.1, 0.15) is 0 Å². The molecule has 0 bridgehead atoms. The van der Waals surface area contributed by atoms with Crippen molar-refractivity contribution in [1.82, 2.24) is 5.32 Å². The smallest absolute Gasteiger partial charge is 0.241 e. The maximum atomic E-state index is 12.3. The minimum absolute atomic E-state index is 0.152. The summed E-state index contributed by atoms with van der Waals surface area (Å²) in [6.45, 7) is 0.787. The number of rotatable bonds is 1. The van der Waals surface area contributed by atoms with Gasteiger partial charge in [0.15, 0.2) is 0 Å². The van der Waals surface area contributed by atoms with E-state index in [1.165, 1.54) is 0 Å². The van der Waals surface area contributed by atoms with Gasteiger partial charge < -0.3 is 5.32 Å². The Labute approximate surface area is 65.2 Å². The normalized spacial score (nSPS) is 34.6. The van der Waals surface area contributed by atoms with Crippen molar-refractivity contribution in [2.24, 2.45) is 5.92 Å². The predicted octanol–water partition coefficient (Wildman–Crippen LogP) is 1.78. The van der Waals surface area contributed by atoms with E-state index in [-0.39, 0.29) is 11.5 Å². The second kappa shape index (κ2) is 2.41. The van der Waals surface area contributed by atoms with Crippen molar-refractivity contribution in [1.29, 1.82) is 0 Å². The Balaban J connectivity index is 1.93. The molecule has 0 amide bonds. The van der Waals surface area contributed by atoms with Crippen molar-refractivity contribution in [3.63, 3.8) is 0 Å². The van der Waals surface area contributed by atoms with Crippen LogP contribution in [0.4, 0.5) is 8.78 Å². The SMILES string of the molecule is FC(F)C1CCNC2(CC2)C1. The van der Waals surface area contributed by atoms with Gasteiger partial charge in [0, 0.05) is 11.5 Å². The number of hydrogen-bond donors (Lipinski definition) is 1. The molecule has 1 atom stereocenters. The standard InChI is InChI=1S/C8H13F2N/c9-7(10)6-1-4-11-8(5-6)2-3-8/h6-7,11H,1-5H2. The topological polar surface area (TPSA) is 12.0 Å². The summed E-state index contributed by atoms with van der Waals surface area (Å²) in [5, 5.41) is 3.32. The summed E-state index contributed by atoms with van der Waals surface area (Å²) in [6, 6.07) is 0. The van der Waals surface area contributed by atoms with Crippen molar-refractivity contribution in [2.75, 3.05) is 6.54 Å². The van der Waals surface area contributed by atoms with E-state index in [1.807, 2.05) is 0 Å². The lowest BCUT2D eigenvalue weighted by atomic mass is 9.91. The lowest BCUT2D eigenvalue weighted by Gasteiger charge is -2.29. The average molecular weight is 161 g/mol. The second-order valence-corrected chi connectivity index (χ2v) is 3.79. The van der Waals surface area contributed by atoms with E-state index in [0.29, 0.717) is 12.8 Å². The van der Waals surface area contributed by atoms with Gasteiger partial charge in [-0.2, -0.15) is 0 Å². The van der Waals surface area contributed by atoms with Gasteiger partial charge in [-0.05, 0) is 32.2 Å². The van der Waals surface area contributed by atoms with Gasteiger partial charge >= 0.3 is 0 Å². The third-order valence-corrected chi connectivity index (χ3v) is 2.88. The molecule has 0 aromatic carbocycles. The molecule has 11 heavy (non-hydrogen) atoms. The quantitative estimate of drug-likeness (QED) is 0.618. The fourth-order valence-corrected chi connectivity index (χ4v) is 1.95. The molecule has 0 aromatic rings. The van der Waals surface area contributed by atoms with Crippen molar-refractivity contribution < 1.29 is 8.78 Å². The van der Waals surface area contributed by atoms with Gasteiger partial charge in [-0.25, -0.2) is 8.78 Å². The van der Waals surface area contributed by atoms with E-state index in [2.05, 4.69) is 5.32 Å². The molecular formula is C8H13F2N. The molecule has 1 saturated heterocycles. The minimum Gasteiger partial charge on any atom is -0.311 e. The van der Waals surface area contributed by atoms with Crippen molar-refractivity contribution in [3.8, 4) is 0 Å². The van der Waals surface area contributed by atoms with E-state index < -0.39 is 6.43 Å². The highest BCUT2D eigenvalue weighted by molar-refractivity contribution is 5.05. The molecule has 1 saturated carbocycles. The zero-order chi connectivity index (χ0) is 7.90. The van der Waals surface area contributed by atoms with Crippen LogP contribution in [0, 0.1) is 5.92 Å². The molecular weight excluding hydrogens is 148 g/mol. The first-order valence-electron chi connectivity index (χ1n) is 4.25. The molecule has 0 aromatic heterocycles. The number of piperidine rings is 1. The van der Waals surface area contributed by atoms with E-state index in [1.54, 1.807) is 0 Å². The molecule has 1 unspecified atom stereocenters. The summed E-state index contributed by atoms with van der Waals surface area (Å²) < 4.78 is 24.5. The lowest BCUT2D eigenvalue weighted by molar-refractivity contribution is 0.0470. The van der Waals surface area contributed by atoms with Crippen molar-refractivity contribution in [2.45, 2.75) is 37.6 Å². The molecule has 2 rings (SSSR count). The Morgan fingerprint density at radius 2 is 2.09 bits per heavy atom. The van der Waals surface area contributed by atoms with Crippen LogP contribution in [-0.2, 0) is 0 Å². The summed E-state index contributed by atoms with van der Waals surface area (Å²) in [5.41, 5.74) is 0.152. The molecule has 1 aliphatic heterocycles. The molecule has 0 radical (unpaired) electrons. The number of nitrogens with one attached hydrogen (secondary N) is 1. The van der Waals surface area contributed by atoms with Crippen LogP contribution >= 0.6 is 0 Å². The Morgan fingerprint density at radius 1 is 1.36 bits per heavy atom. The van der Waals surface area contributed by atoms with Gasteiger partial charge in [0.25, 0.3) is 0 Å². The fraction of sp³-hybridized carbons (Fsp3) is 1.00. The van der Waals surface area contributed by atoms with Crippen LogP contribution < -0.4 is 5.32 Å². The summed E-state index contributed by atoms with van der Waals surface area (Å²) in [4.78, 5) is 0. The third-order valence-electron chi connectivity index (χ3n) is 2.88. The van der Waals surface area contributed by atoms with Gasteiger partial charge in [-0.15, -0.1) is 0 Å². The van der Waals surface area contributed by atoms with E-state index in [0.717, 1.165) is 19.4 Å². The van der Waals surface area contributed by atoms with Gasteiger partial charge in [0.05, 0.1) is 0 Å². The zero-order valence-electron chi connectivity index (χ0n) is 6.45. The van der Waals surface area contributed by atoms with E-state index in [9.17, 15) is 8.78 Å². The van der Waals surface area contributed by atoms with E-state index in [4.69, 9.17) is 0 Å². The molecule has 1 N–H and O–H groups in total. The highest BCUT2D eigenvalue weighted by Gasteiger charge is 2.47. The summed E-state index contributed by atoms with van der Waals surface area (Å²) >= 11 is 0. The molecule has 1 aliphatic carbocycles. The first kappa shape index (κ1) is 7.47. The van der Waals surface area contributed by atoms with Gasteiger partial charge in [-0.3, -0.25) is 0 Å². The third kappa shape index (κ3) is 1.39. The van der Waals surface area contributed by atoms with Crippen LogP contribution in [0.1, 0.15) is 25.7 Å². The van der Waals surface area contributed by atoms with Gasteiger partial charge in [0.2, 0.25) is 6.43 Å². The highest BCUT2D eigenvalue weighted by atomic mass is 19.3. The van der Waals surface area contributed by atoms with Crippen LogP contribution in [0.3, 0.4) is 0 Å². The molecule has 2 fully saturated rings. The molecule has 64 valence electrons.